The maximum Gasteiger partial charge on any atom is 0.0787 e. The van der Waals surface area contributed by atoms with Crippen molar-refractivity contribution in [3.05, 3.63) is 11.6 Å². The van der Waals surface area contributed by atoms with Crippen molar-refractivity contribution in [1.29, 1.82) is 0 Å². The van der Waals surface area contributed by atoms with E-state index in [1.165, 1.54) is 44.9 Å². The number of rotatable bonds is 0. The molecule has 0 radical (unpaired) electrons. The molecule has 172 valence electrons. The van der Waals surface area contributed by atoms with Gasteiger partial charge in [-0.1, -0.05) is 39.3 Å². The summed E-state index contributed by atoms with van der Waals surface area (Å²) in [5, 5.41) is 14.2. The highest BCUT2D eigenvalue weighted by molar-refractivity contribution is 5.36. The highest BCUT2D eigenvalue weighted by Gasteiger charge is 2.84. The molecule has 2 spiro atoms. The van der Waals surface area contributed by atoms with Crippen LogP contribution in [0.2, 0.25) is 0 Å². The second kappa shape index (κ2) is 5.99. The number of aliphatic hydroxyl groups is 1. The molecule has 6 fully saturated rings. The Morgan fingerprint density at radius 1 is 1.13 bits per heavy atom. The molecule has 7 rings (SSSR count). The molecule has 2 unspecified atom stereocenters. The summed E-state index contributed by atoms with van der Waals surface area (Å²) in [6.45, 7) is 11.3. The van der Waals surface area contributed by atoms with Crippen molar-refractivity contribution in [2.75, 3.05) is 6.54 Å². The van der Waals surface area contributed by atoms with E-state index < -0.39 is 0 Å². The first kappa shape index (κ1) is 20.0. The number of fused-ring (bicyclic) bond motifs is 6. The molecule has 31 heavy (non-hydrogen) atoms. The number of hydrogen-bond donors (Lipinski definition) is 2. The SMILES string of the molecule is C[C@@H]1CN[C@H]2[C@@H](C)[C@@]3(CC[C@H]4[C@@H]5CC=C6C[C@@H](O)CC[C@]6(C)[C@H]5CC45CC53C)O[C@@H]2C1. The molecule has 0 aromatic rings. The predicted molar refractivity (Wildman–Crippen MR) is 122 cm³/mol. The summed E-state index contributed by atoms with van der Waals surface area (Å²) in [4.78, 5) is 0. The summed E-state index contributed by atoms with van der Waals surface area (Å²) < 4.78 is 7.23. The Kier molecular flexibility index (Phi) is 3.87. The minimum Gasteiger partial charge on any atom is -0.393 e. The third-order valence-corrected chi connectivity index (χ3v) is 12.7. The van der Waals surface area contributed by atoms with Gasteiger partial charge in [0.1, 0.15) is 0 Å². The highest BCUT2D eigenvalue weighted by atomic mass is 16.5. The highest BCUT2D eigenvalue weighted by Crippen LogP contribution is 2.87. The van der Waals surface area contributed by atoms with Gasteiger partial charge in [-0.3, -0.25) is 0 Å². The van der Waals surface area contributed by atoms with Crippen molar-refractivity contribution in [2.45, 2.75) is 109 Å². The molecule has 2 N–H and O–H groups in total. The van der Waals surface area contributed by atoms with Crippen LogP contribution in [0.25, 0.3) is 0 Å². The number of ether oxygens (including phenoxy) is 1. The minimum absolute atomic E-state index is 0.0989. The van der Waals surface area contributed by atoms with Crippen molar-refractivity contribution in [3.8, 4) is 0 Å². The topological polar surface area (TPSA) is 41.5 Å². The number of piperidine rings is 1. The van der Waals surface area contributed by atoms with Gasteiger partial charge in [-0.2, -0.15) is 0 Å². The van der Waals surface area contributed by atoms with Crippen molar-refractivity contribution in [1.82, 2.24) is 5.32 Å². The Morgan fingerprint density at radius 3 is 2.81 bits per heavy atom. The Balaban J connectivity index is 1.23. The van der Waals surface area contributed by atoms with Crippen LogP contribution in [0.15, 0.2) is 11.6 Å². The number of nitrogens with one attached hydrogen (secondary N) is 1. The van der Waals surface area contributed by atoms with Gasteiger partial charge in [0.2, 0.25) is 0 Å². The van der Waals surface area contributed by atoms with Crippen LogP contribution in [0.5, 0.6) is 0 Å². The van der Waals surface area contributed by atoms with Gasteiger partial charge < -0.3 is 15.2 Å². The normalized spacial score (nSPS) is 64.1. The fraction of sp³-hybridized carbons (Fsp3) is 0.929. The average molecular weight is 426 g/mol. The summed E-state index contributed by atoms with van der Waals surface area (Å²) >= 11 is 0. The molecule has 0 amide bonds. The van der Waals surface area contributed by atoms with Gasteiger partial charge >= 0.3 is 0 Å². The van der Waals surface area contributed by atoms with Crippen LogP contribution < -0.4 is 5.32 Å². The fourth-order valence-electron chi connectivity index (χ4n) is 11.1. The number of hydrogen-bond acceptors (Lipinski definition) is 3. The lowest BCUT2D eigenvalue weighted by Crippen LogP contribution is -2.53. The molecular weight excluding hydrogens is 382 g/mol. The van der Waals surface area contributed by atoms with E-state index in [-0.39, 0.29) is 11.7 Å². The minimum atomic E-state index is -0.0989. The van der Waals surface area contributed by atoms with E-state index in [4.69, 9.17) is 4.74 Å². The molecule has 5 aliphatic carbocycles. The zero-order valence-electron chi connectivity index (χ0n) is 20.1. The number of allylic oxidation sites excluding steroid dienone is 1. The lowest BCUT2D eigenvalue weighted by atomic mass is 9.56. The number of aliphatic hydroxyl groups excluding tert-OH is 1. The van der Waals surface area contributed by atoms with E-state index in [1.807, 2.05) is 0 Å². The van der Waals surface area contributed by atoms with E-state index >= 15 is 0 Å². The van der Waals surface area contributed by atoms with Crippen molar-refractivity contribution in [3.63, 3.8) is 0 Å². The summed E-state index contributed by atoms with van der Waals surface area (Å²) in [5.41, 5.74) is 2.94. The molecule has 3 heteroatoms. The first-order chi connectivity index (χ1) is 14.7. The maximum absolute atomic E-state index is 10.3. The molecule has 0 bridgehead atoms. The molecule has 12 atom stereocenters. The smallest absolute Gasteiger partial charge is 0.0787 e. The zero-order chi connectivity index (χ0) is 21.4. The molecule has 2 saturated heterocycles. The molecular formula is C28H43NO2. The van der Waals surface area contributed by atoms with E-state index in [1.54, 1.807) is 5.57 Å². The molecule has 0 aromatic carbocycles. The van der Waals surface area contributed by atoms with Gasteiger partial charge in [0, 0.05) is 17.4 Å². The molecule has 7 aliphatic rings. The summed E-state index contributed by atoms with van der Waals surface area (Å²) in [6, 6.07) is 0.566. The Morgan fingerprint density at radius 2 is 1.97 bits per heavy atom. The van der Waals surface area contributed by atoms with Gasteiger partial charge in [-0.05, 0) is 98.8 Å². The zero-order valence-corrected chi connectivity index (χ0v) is 20.1. The Labute approximate surface area is 188 Å². The molecule has 0 aromatic heterocycles. The third kappa shape index (κ3) is 2.19. The first-order valence-electron chi connectivity index (χ1n) is 13.5. The second-order valence-corrected chi connectivity index (χ2v) is 13.7. The van der Waals surface area contributed by atoms with E-state index in [0.717, 1.165) is 43.1 Å². The van der Waals surface area contributed by atoms with Gasteiger partial charge in [-0.15, -0.1) is 0 Å². The van der Waals surface area contributed by atoms with Crippen molar-refractivity contribution < 1.29 is 9.84 Å². The van der Waals surface area contributed by atoms with Gasteiger partial charge in [0.25, 0.3) is 0 Å². The Hall–Kier alpha value is -0.380. The Bertz CT molecular complexity index is 839. The molecule has 2 heterocycles. The van der Waals surface area contributed by atoms with Gasteiger partial charge in [0.15, 0.2) is 0 Å². The van der Waals surface area contributed by atoms with Crippen molar-refractivity contribution in [2.24, 2.45) is 45.8 Å². The first-order valence-corrected chi connectivity index (χ1v) is 13.5. The van der Waals surface area contributed by atoms with E-state index in [2.05, 4.69) is 39.1 Å². The van der Waals surface area contributed by atoms with Crippen LogP contribution >= 0.6 is 0 Å². The van der Waals surface area contributed by atoms with Crippen LogP contribution in [0.4, 0.5) is 0 Å². The summed E-state index contributed by atoms with van der Waals surface area (Å²) in [7, 11) is 0. The largest absolute Gasteiger partial charge is 0.393 e. The van der Waals surface area contributed by atoms with Crippen LogP contribution in [-0.4, -0.2) is 35.5 Å². The van der Waals surface area contributed by atoms with E-state index in [9.17, 15) is 5.11 Å². The lowest BCUT2D eigenvalue weighted by molar-refractivity contribution is -0.146. The second-order valence-electron chi connectivity index (χ2n) is 13.7. The third-order valence-electron chi connectivity index (χ3n) is 12.7. The summed E-state index contributed by atoms with van der Waals surface area (Å²) in [6.07, 6.45) is 14.1. The molecule has 4 saturated carbocycles. The fourth-order valence-corrected chi connectivity index (χ4v) is 11.1. The van der Waals surface area contributed by atoms with Crippen LogP contribution in [0.3, 0.4) is 0 Å². The van der Waals surface area contributed by atoms with Gasteiger partial charge in [0.05, 0.1) is 17.8 Å². The maximum atomic E-state index is 10.3. The average Bonchev–Trinajstić information content (AvgIpc) is 3.08. The lowest BCUT2D eigenvalue weighted by Gasteiger charge is -2.50. The predicted octanol–water partition coefficient (Wildman–Crippen LogP) is 5.08. The quantitative estimate of drug-likeness (QED) is 0.532. The van der Waals surface area contributed by atoms with Crippen LogP contribution in [0.1, 0.15) is 85.5 Å². The van der Waals surface area contributed by atoms with E-state index in [0.29, 0.717) is 34.3 Å². The van der Waals surface area contributed by atoms with Crippen LogP contribution in [0, 0.1) is 45.8 Å². The molecule has 2 aliphatic heterocycles. The molecule has 3 nitrogen and oxygen atoms in total. The van der Waals surface area contributed by atoms with Crippen molar-refractivity contribution >= 4 is 0 Å². The van der Waals surface area contributed by atoms with Gasteiger partial charge in [-0.25, -0.2) is 0 Å². The standard InChI is InChI=1S/C28H43NO2/c1-16-11-23-24(29-14-16)17(2)28(31-23)10-8-21-20-6-5-18-12-19(30)7-9-25(18,3)22(20)13-27(21)15-26(27,28)4/h5,16-17,19-24,29-30H,6-15H2,1-4H3/t16-,17+,19-,20-,21-,22-,23+,24-,25-,26?,27?,28+/m0/s1. The van der Waals surface area contributed by atoms with Crippen LogP contribution in [-0.2, 0) is 4.74 Å². The summed E-state index contributed by atoms with van der Waals surface area (Å²) in [5.74, 6) is 3.98. The monoisotopic (exact) mass is 425 g/mol.